The van der Waals surface area contributed by atoms with E-state index in [0.717, 1.165) is 28.8 Å². The Kier molecular flexibility index (Phi) is 3.06. The van der Waals surface area contributed by atoms with E-state index >= 15 is 0 Å². The van der Waals surface area contributed by atoms with Crippen LogP contribution >= 0.6 is 15.9 Å². The molecule has 1 aliphatic carbocycles. The van der Waals surface area contributed by atoms with Crippen molar-refractivity contribution in [2.75, 3.05) is 6.61 Å². The summed E-state index contributed by atoms with van der Waals surface area (Å²) in [5, 5.41) is 0. The molecule has 1 aliphatic heterocycles. The molecule has 1 aromatic rings. The fraction of sp³-hybridized carbons (Fsp3) is 0.588. The van der Waals surface area contributed by atoms with E-state index in [4.69, 9.17) is 4.74 Å². The molecule has 108 valence electrons. The molecule has 0 aromatic heterocycles. The van der Waals surface area contributed by atoms with Crippen LogP contribution in [-0.4, -0.2) is 12.4 Å². The number of halogens is 1. The zero-order valence-corrected chi connectivity index (χ0v) is 14.1. The highest BCUT2D eigenvalue weighted by molar-refractivity contribution is 9.10. The second-order valence-corrected chi connectivity index (χ2v) is 8.09. The van der Waals surface area contributed by atoms with Crippen molar-refractivity contribution in [1.82, 2.24) is 0 Å². The summed E-state index contributed by atoms with van der Waals surface area (Å²) in [7, 11) is 0. The van der Waals surface area contributed by atoms with Gasteiger partial charge in [-0.25, -0.2) is 0 Å². The van der Waals surface area contributed by atoms with Crippen LogP contribution in [0.2, 0.25) is 0 Å². The van der Waals surface area contributed by atoms with Gasteiger partial charge >= 0.3 is 0 Å². The van der Waals surface area contributed by atoms with E-state index in [2.05, 4.69) is 49.7 Å². The molecule has 20 heavy (non-hydrogen) atoms. The number of ketones is 1. The predicted molar refractivity (Wildman–Crippen MR) is 83.1 cm³/mol. The number of carbonyl (C=O) groups is 1. The van der Waals surface area contributed by atoms with Crippen molar-refractivity contribution in [2.24, 2.45) is 16.7 Å². The van der Waals surface area contributed by atoms with E-state index in [9.17, 15) is 4.79 Å². The molecule has 3 heteroatoms. The molecule has 1 aromatic carbocycles. The first kappa shape index (κ1) is 14.1. The Bertz CT molecular complexity index is 573. The maximum atomic E-state index is 12.6. The summed E-state index contributed by atoms with van der Waals surface area (Å²) in [4.78, 5) is 12.6. The second-order valence-electron chi connectivity index (χ2n) is 7.17. The zero-order chi connectivity index (χ0) is 14.7. The van der Waals surface area contributed by atoms with Gasteiger partial charge in [-0.15, -0.1) is 0 Å². The number of Topliss-reactive ketones (excluding diaryl/α,β-unsaturated/α-hetero) is 1. The van der Waals surface area contributed by atoms with E-state index in [1.165, 1.54) is 5.56 Å². The van der Waals surface area contributed by atoms with Gasteiger partial charge < -0.3 is 4.74 Å². The summed E-state index contributed by atoms with van der Waals surface area (Å²) < 4.78 is 6.76. The van der Waals surface area contributed by atoms with Gasteiger partial charge in [0.2, 0.25) is 0 Å². The largest absolute Gasteiger partial charge is 0.493 e. The Morgan fingerprint density at radius 2 is 1.95 bits per heavy atom. The molecule has 1 saturated carbocycles. The summed E-state index contributed by atoms with van der Waals surface area (Å²) >= 11 is 3.54. The third-order valence-electron chi connectivity index (χ3n) is 5.53. The number of fused-ring (bicyclic) bond motifs is 1. The molecule has 1 heterocycles. The summed E-state index contributed by atoms with van der Waals surface area (Å²) in [6.45, 7) is 9.50. The molecule has 0 amide bonds. The number of ether oxygens (including phenoxy) is 1. The molecule has 0 spiro atoms. The van der Waals surface area contributed by atoms with Crippen LogP contribution in [0.5, 0.6) is 5.75 Å². The smallest absolute Gasteiger partial charge is 0.141 e. The number of hydrogen-bond donors (Lipinski definition) is 0. The molecular formula is C17H21BrO2. The maximum Gasteiger partial charge on any atom is 0.141 e. The van der Waals surface area contributed by atoms with Gasteiger partial charge in [0.25, 0.3) is 0 Å². The van der Waals surface area contributed by atoms with Crippen molar-refractivity contribution in [2.45, 2.75) is 40.5 Å². The fourth-order valence-corrected chi connectivity index (χ4v) is 4.32. The Hall–Kier alpha value is -0.830. The van der Waals surface area contributed by atoms with Crippen LogP contribution in [0, 0.1) is 16.7 Å². The normalized spacial score (nSPS) is 22.2. The number of benzene rings is 1. The highest BCUT2D eigenvalue weighted by Crippen LogP contribution is 2.68. The Labute approximate surface area is 129 Å². The van der Waals surface area contributed by atoms with E-state index in [1.54, 1.807) is 0 Å². The third kappa shape index (κ3) is 1.93. The monoisotopic (exact) mass is 336 g/mol. The van der Waals surface area contributed by atoms with E-state index < -0.39 is 0 Å². The van der Waals surface area contributed by atoms with E-state index in [-0.39, 0.29) is 16.7 Å². The SMILES string of the molecule is CC1(C)C(C(=O)Cc2cc(Br)cc3c2OCC3)C1(C)C. The molecule has 0 atom stereocenters. The van der Waals surface area contributed by atoms with Gasteiger partial charge in [-0.05, 0) is 28.5 Å². The summed E-state index contributed by atoms with van der Waals surface area (Å²) in [6.07, 6.45) is 1.43. The molecule has 2 nitrogen and oxygen atoms in total. The third-order valence-corrected chi connectivity index (χ3v) is 5.99. The maximum absolute atomic E-state index is 12.6. The van der Waals surface area contributed by atoms with Crippen LogP contribution in [-0.2, 0) is 17.6 Å². The molecule has 0 N–H and O–H groups in total. The lowest BCUT2D eigenvalue weighted by atomic mass is 9.99. The van der Waals surface area contributed by atoms with Gasteiger partial charge in [0.05, 0.1) is 6.61 Å². The van der Waals surface area contributed by atoms with Crippen LogP contribution in [0.3, 0.4) is 0 Å². The second kappa shape index (κ2) is 4.33. The quantitative estimate of drug-likeness (QED) is 0.827. The predicted octanol–water partition coefficient (Wildman–Crippen LogP) is 4.18. The van der Waals surface area contributed by atoms with Crippen molar-refractivity contribution >= 4 is 21.7 Å². The Balaban J connectivity index is 1.85. The molecule has 3 rings (SSSR count). The molecule has 0 bridgehead atoms. The van der Waals surface area contributed by atoms with Crippen molar-refractivity contribution in [3.05, 3.63) is 27.7 Å². The van der Waals surface area contributed by atoms with Crippen LogP contribution in [0.15, 0.2) is 16.6 Å². The Morgan fingerprint density at radius 1 is 1.30 bits per heavy atom. The van der Waals surface area contributed by atoms with Gasteiger partial charge in [0.15, 0.2) is 0 Å². The molecule has 0 saturated heterocycles. The van der Waals surface area contributed by atoms with Crippen LogP contribution in [0.4, 0.5) is 0 Å². The van der Waals surface area contributed by atoms with Crippen molar-refractivity contribution in [3.63, 3.8) is 0 Å². The van der Waals surface area contributed by atoms with Gasteiger partial charge in [-0.2, -0.15) is 0 Å². The molecule has 0 radical (unpaired) electrons. The minimum atomic E-state index is 0.111. The number of hydrogen-bond acceptors (Lipinski definition) is 2. The Morgan fingerprint density at radius 3 is 2.55 bits per heavy atom. The first-order chi connectivity index (χ1) is 9.25. The van der Waals surface area contributed by atoms with Crippen LogP contribution < -0.4 is 4.74 Å². The highest BCUT2D eigenvalue weighted by atomic mass is 79.9. The highest BCUT2D eigenvalue weighted by Gasteiger charge is 2.67. The molecular weight excluding hydrogens is 316 g/mol. The van der Waals surface area contributed by atoms with Crippen molar-refractivity contribution < 1.29 is 9.53 Å². The first-order valence-corrected chi connectivity index (χ1v) is 8.01. The minimum Gasteiger partial charge on any atom is -0.493 e. The zero-order valence-electron chi connectivity index (χ0n) is 12.5. The molecule has 2 aliphatic rings. The van der Waals surface area contributed by atoms with E-state index in [0.29, 0.717) is 12.2 Å². The van der Waals surface area contributed by atoms with Crippen LogP contribution in [0.1, 0.15) is 38.8 Å². The van der Waals surface area contributed by atoms with Gasteiger partial charge in [0.1, 0.15) is 11.5 Å². The topological polar surface area (TPSA) is 26.3 Å². The molecule has 0 unspecified atom stereocenters. The number of carbonyl (C=O) groups excluding carboxylic acids is 1. The number of rotatable bonds is 3. The lowest BCUT2D eigenvalue weighted by molar-refractivity contribution is -0.120. The van der Waals surface area contributed by atoms with Gasteiger partial charge in [-0.3, -0.25) is 4.79 Å². The minimum absolute atomic E-state index is 0.111. The summed E-state index contributed by atoms with van der Waals surface area (Å²) in [6, 6.07) is 4.13. The van der Waals surface area contributed by atoms with Gasteiger partial charge in [0, 0.05) is 28.8 Å². The molecule has 1 fully saturated rings. The summed E-state index contributed by atoms with van der Waals surface area (Å²) in [5.74, 6) is 1.44. The van der Waals surface area contributed by atoms with Gasteiger partial charge in [-0.1, -0.05) is 43.6 Å². The van der Waals surface area contributed by atoms with Crippen molar-refractivity contribution in [1.29, 1.82) is 0 Å². The van der Waals surface area contributed by atoms with Crippen molar-refractivity contribution in [3.8, 4) is 5.75 Å². The summed E-state index contributed by atoms with van der Waals surface area (Å²) in [5.41, 5.74) is 2.48. The van der Waals surface area contributed by atoms with Crippen LogP contribution in [0.25, 0.3) is 0 Å². The standard InChI is InChI=1S/C17H21BrO2/c1-16(2)15(17(16,3)4)13(19)9-11-8-12(18)7-10-5-6-20-14(10)11/h7-8,15H,5-6,9H2,1-4H3. The first-order valence-electron chi connectivity index (χ1n) is 7.22. The fourth-order valence-electron chi connectivity index (χ4n) is 3.77. The lowest BCUT2D eigenvalue weighted by Crippen LogP contribution is -2.11. The van der Waals surface area contributed by atoms with E-state index in [1.807, 2.05) is 6.07 Å². The average molecular weight is 337 g/mol. The lowest BCUT2D eigenvalue weighted by Gasteiger charge is -2.09. The average Bonchev–Trinajstić information content (AvgIpc) is 2.66.